The highest BCUT2D eigenvalue weighted by atomic mass is 35.5. The molecule has 1 amide bonds. The molecule has 2 N–H and O–H groups in total. The number of carbonyl (C=O) groups is 1. The first kappa shape index (κ1) is 18.7. The summed E-state index contributed by atoms with van der Waals surface area (Å²) in [4.78, 5) is 20.7. The largest absolute Gasteiger partial charge is 0.494 e. The van der Waals surface area contributed by atoms with Gasteiger partial charge in [0, 0.05) is 28.8 Å². The van der Waals surface area contributed by atoms with Crippen molar-refractivity contribution in [2.75, 3.05) is 17.2 Å². The molecule has 3 rings (SSSR count). The van der Waals surface area contributed by atoms with E-state index < -0.39 is 0 Å². The first-order chi connectivity index (χ1) is 13.0. The van der Waals surface area contributed by atoms with Gasteiger partial charge in [-0.3, -0.25) is 4.79 Å². The summed E-state index contributed by atoms with van der Waals surface area (Å²) in [5.74, 6) is 0.873. The van der Waals surface area contributed by atoms with Crippen LogP contribution in [-0.2, 0) is 0 Å². The molecule has 27 heavy (non-hydrogen) atoms. The van der Waals surface area contributed by atoms with Crippen LogP contribution in [-0.4, -0.2) is 22.5 Å². The molecule has 0 saturated heterocycles. The number of halogens is 1. The van der Waals surface area contributed by atoms with E-state index in [0.717, 1.165) is 17.0 Å². The van der Waals surface area contributed by atoms with Crippen LogP contribution in [0, 0.1) is 6.92 Å². The van der Waals surface area contributed by atoms with Gasteiger partial charge in [-0.15, -0.1) is 0 Å². The number of anilines is 3. The van der Waals surface area contributed by atoms with Crippen LogP contribution in [0.1, 0.15) is 22.8 Å². The molecule has 0 aliphatic rings. The van der Waals surface area contributed by atoms with Gasteiger partial charge in [-0.25, -0.2) is 9.97 Å². The highest BCUT2D eigenvalue weighted by molar-refractivity contribution is 6.30. The second-order valence-corrected chi connectivity index (χ2v) is 6.23. The molecule has 138 valence electrons. The number of benzene rings is 2. The number of amides is 1. The summed E-state index contributed by atoms with van der Waals surface area (Å²) < 4.78 is 5.38. The molecular weight excluding hydrogens is 364 g/mol. The van der Waals surface area contributed by atoms with Gasteiger partial charge in [0.05, 0.1) is 12.2 Å². The Bertz CT molecular complexity index is 928. The lowest BCUT2D eigenvalue weighted by Gasteiger charge is -2.09. The molecule has 0 atom stereocenters. The third kappa shape index (κ3) is 4.95. The Kier molecular flexibility index (Phi) is 5.88. The summed E-state index contributed by atoms with van der Waals surface area (Å²) in [6.07, 6.45) is 2.95. The van der Waals surface area contributed by atoms with Gasteiger partial charge in [-0.1, -0.05) is 11.6 Å². The normalized spacial score (nSPS) is 10.3. The van der Waals surface area contributed by atoms with Crippen LogP contribution in [0.2, 0.25) is 5.02 Å². The molecule has 0 spiro atoms. The van der Waals surface area contributed by atoms with Gasteiger partial charge in [-0.05, 0) is 61.9 Å². The monoisotopic (exact) mass is 382 g/mol. The van der Waals surface area contributed by atoms with Gasteiger partial charge in [0.25, 0.3) is 5.91 Å². The minimum absolute atomic E-state index is 0.284. The van der Waals surface area contributed by atoms with Crippen LogP contribution >= 0.6 is 11.6 Å². The Labute approximate surface area is 162 Å². The number of aromatic nitrogens is 2. The van der Waals surface area contributed by atoms with Crippen molar-refractivity contribution in [3.8, 4) is 5.75 Å². The van der Waals surface area contributed by atoms with Crippen molar-refractivity contribution in [3.63, 3.8) is 0 Å². The van der Waals surface area contributed by atoms with Crippen molar-refractivity contribution in [1.82, 2.24) is 9.97 Å². The number of carbonyl (C=O) groups excluding carboxylic acids is 1. The zero-order valence-electron chi connectivity index (χ0n) is 15.0. The van der Waals surface area contributed by atoms with Crippen molar-refractivity contribution >= 4 is 34.8 Å². The van der Waals surface area contributed by atoms with Crippen LogP contribution in [0.5, 0.6) is 5.75 Å². The van der Waals surface area contributed by atoms with E-state index in [-0.39, 0.29) is 5.91 Å². The summed E-state index contributed by atoms with van der Waals surface area (Å²) in [5.41, 5.74) is 2.86. The quantitative estimate of drug-likeness (QED) is 0.638. The Morgan fingerprint density at radius 3 is 2.44 bits per heavy atom. The van der Waals surface area contributed by atoms with E-state index in [1.54, 1.807) is 30.3 Å². The third-order valence-electron chi connectivity index (χ3n) is 3.77. The maximum absolute atomic E-state index is 12.3. The molecule has 7 heteroatoms. The van der Waals surface area contributed by atoms with E-state index in [9.17, 15) is 4.79 Å². The number of hydrogen-bond donors (Lipinski definition) is 2. The molecule has 0 aliphatic carbocycles. The second-order valence-electron chi connectivity index (χ2n) is 5.79. The van der Waals surface area contributed by atoms with E-state index in [4.69, 9.17) is 16.3 Å². The fraction of sp³-hybridized carbons (Fsp3) is 0.150. The lowest BCUT2D eigenvalue weighted by molar-refractivity contribution is 0.102. The predicted octanol–water partition coefficient (Wildman–Crippen LogP) is 4.83. The van der Waals surface area contributed by atoms with E-state index in [0.29, 0.717) is 28.8 Å². The molecule has 1 aromatic heterocycles. The van der Waals surface area contributed by atoms with Crippen molar-refractivity contribution < 1.29 is 9.53 Å². The van der Waals surface area contributed by atoms with Gasteiger partial charge < -0.3 is 15.4 Å². The fourth-order valence-electron chi connectivity index (χ4n) is 2.40. The maximum atomic E-state index is 12.3. The minimum atomic E-state index is -0.284. The van der Waals surface area contributed by atoms with Gasteiger partial charge in [-0.2, -0.15) is 0 Å². The molecule has 0 bridgehead atoms. The van der Waals surface area contributed by atoms with Gasteiger partial charge >= 0.3 is 0 Å². The maximum Gasteiger partial charge on any atom is 0.258 e. The lowest BCUT2D eigenvalue weighted by Crippen LogP contribution is -2.13. The van der Waals surface area contributed by atoms with Crippen LogP contribution in [0.3, 0.4) is 0 Å². The molecule has 0 fully saturated rings. The SMILES string of the molecule is CCOc1ccc(NC(=O)c2cnc(Nc3ccc(Cl)cc3C)nc2)cc1. The molecule has 3 aromatic rings. The number of ether oxygens (including phenoxy) is 1. The zero-order valence-corrected chi connectivity index (χ0v) is 15.7. The topological polar surface area (TPSA) is 76.1 Å². The van der Waals surface area contributed by atoms with Gasteiger partial charge in [0.2, 0.25) is 5.95 Å². The molecule has 0 aliphatic heterocycles. The van der Waals surface area contributed by atoms with Crippen LogP contribution in [0.25, 0.3) is 0 Å². The lowest BCUT2D eigenvalue weighted by atomic mass is 10.2. The smallest absolute Gasteiger partial charge is 0.258 e. The summed E-state index contributed by atoms with van der Waals surface area (Å²) in [6.45, 7) is 4.45. The first-order valence-electron chi connectivity index (χ1n) is 8.44. The molecule has 6 nitrogen and oxygen atoms in total. The minimum Gasteiger partial charge on any atom is -0.494 e. The Hall–Kier alpha value is -3.12. The Morgan fingerprint density at radius 2 is 1.81 bits per heavy atom. The molecular formula is C20H19ClN4O2. The number of nitrogens with one attached hydrogen (secondary N) is 2. The molecule has 0 unspecified atom stereocenters. The fourth-order valence-corrected chi connectivity index (χ4v) is 2.63. The summed E-state index contributed by atoms with van der Waals surface area (Å²) in [5, 5.41) is 6.58. The average Bonchev–Trinajstić information content (AvgIpc) is 2.66. The summed E-state index contributed by atoms with van der Waals surface area (Å²) >= 11 is 5.96. The molecule has 0 radical (unpaired) electrons. The van der Waals surface area contributed by atoms with Crippen molar-refractivity contribution in [2.45, 2.75) is 13.8 Å². The van der Waals surface area contributed by atoms with E-state index in [1.165, 1.54) is 12.4 Å². The highest BCUT2D eigenvalue weighted by Crippen LogP contribution is 2.22. The Morgan fingerprint density at radius 1 is 1.11 bits per heavy atom. The van der Waals surface area contributed by atoms with E-state index in [1.807, 2.05) is 26.0 Å². The van der Waals surface area contributed by atoms with E-state index >= 15 is 0 Å². The predicted molar refractivity (Wildman–Crippen MR) is 107 cm³/mol. The molecule has 0 saturated carbocycles. The Balaban J connectivity index is 1.64. The number of hydrogen-bond acceptors (Lipinski definition) is 5. The number of rotatable bonds is 6. The van der Waals surface area contributed by atoms with E-state index in [2.05, 4.69) is 20.6 Å². The highest BCUT2D eigenvalue weighted by Gasteiger charge is 2.09. The van der Waals surface area contributed by atoms with Crippen LogP contribution < -0.4 is 15.4 Å². The van der Waals surface area contributed by atoms with Crippen LogP contribution in [0.15, 0.2) is 54.9 Å². The summed E-state index contributed by atoms with van der Waals surface area (Å²) in [7, 11) is 0. The zero-order chi connectivity index (χ0) is 19.2. The molecule has 1 heterocycles. The van der Waals surface area contributed by atoms with Crippen molar-refractivity contribution in [2.24, 2.45) is 0 Å². The second kappa shape index (κ2) is 8.51. The number of aryl methyl sites for hydroxylation is 1. The van der Waals surface area contributed by atoms with Crippen LogP contribution in [0.4, 0.5) is 17.3 Å². The first-order valence-corrected chi connectivity index (χ1v) is 8.82. The third-order valence-corrected chi connectivity index (χ3v) is 4.01. The standard InChI is InChI=1S/C20H19ClN4O2/c1-3-27-17-7-5-16(6-8-17)24-19(26)14-11-22-20(23-12-14)25-18-9-4-15(21)10-13(18)2/h4-12H,3H2,1-2H3,(H,24,26)(H,22,23,25). The summed E-state index contributed by atoms with van der Waals surface area (Å²) in [6, 6.07) is 12.7. The average molecular weight is 383 g/mol. The van der Waals surface area contributed by atoms with Gasteiger partial charge in [0.15, 0.2) is 0 Å². The van der Waals surface area contributed by atoms with Crippen molar-refractivity contribution in [3.05, 3.63) is 71.0 Å². The van der Waals surface area contributed by atoms with Crippen molar-refractivity contribution in [1.29, 1.82) is 0 Å². The number of nitrogens with zero attached hydrogens (tertiary/aromatic N) is 2. The molecule has 2 aromatic carbocycles. The van der Waals surface area contributed by atoms with Gasteiger partial charge in [0.1, 0.15) is 5.75 Å².